The van der Waals surface area contributed by atoms with Gasteiger partial charge >= 0.3 is 11.9 Å². The molecule has 0 amide bonds. The number of hydrogen-bond acceptors (Lipinski definition) is 6. The maximum Gasteiger partial charge on any atom is 0.337 e. The van der Waals surface area contributed by atoms with Crippen molar-refractivity contribution < 1.29 is 23.8 Å². The molecular formula is C14H17NO5. The lowest BCUT2D eigenvalue weighted by molar-refractivity contribution is 0.0599. The smallest absolute Gasteiger partial charge is 0.337 e. The van der Waals surface area contributed by atoms with Crippen molar-refractivity contribution in [2.24, 2.45) is 0 Å². The molecule has 6 nitrogen and oxygen atoms in total. The highest BCUT2D eigenvalue weighted by Gasteiger charge is 2.18. The Bertz CT molecular complexity index is 474. The number of hydrogen-bond donors (Lipinski definition) is 0. The second kappa shape index (κ2) is 6.38. The molecule has 1 saturated heterocycles. The fourth-order valence-electron chi connectivity index (χ4n) is 2.09. The first-order valence-electron chi connectivity index (χ1n) is 6.30. The van der Waals surface area contributed by atoms with Crippen molar-refractivity contribution in [1.29, 1.82) is 0 Å². The van der Waals surface area contributed by atoms with Gasteiger partial charge in [0.1, 0.15) is 0 Å². The Morgan fingerprint density at radius 3 is 1.95 bits per heavy atom. The van der Waals surface area contributed by atoms with Crippen molar-refractivity contribution in [2.45, 2.75) is 0 Å². The molecule has 0 saturated carbocycles. The first-order chi connectivity index (χ1) is 9.65. The molecule has 0 bridgehead atoms. The minimum absolute atomic E-state index is 0.330. The van der Waals surface area contributed by atoms with Crippen LogP contribution in [-0.4, -0.2) is 52.5 Å². The summed E-state index contributed by atoms with van der Waals surface area (Å²) in [4.78, 5) is 25.4. The molecule has 1 heterocycles. The van der Waals surface area contributed by atoms with Gasteiger partial charge in [0.25, 0.3) is 0 Å². The van der Waals surface area contributed by atoms with Gasteiger partial charge in [0.15, 0.2) is 0 Å². The van der Waals surface area contributed by atoms with Crippen LogP contribution in [0.5, 0.6) is 0 Å². The fourth-order valence-corrected chi connectivity index (χ4v) is 2.09. The number of morpholine rings is 1. The molecule has 2 rings (SSSR count). The van der Waals surface area contributed by atoms with Crippen LogP contribution < -0.4 is 4.90 Å². The van der Waals surface area contributed by atoms with Crippen LogP contribution in [0.25, 0.3) is 0 Å². The molecule has 1 aromatic rings. The molecule has 0 N–H and O–H groups in total. The van der Waals surface area contributed by atoms with Crippen molar-refractivity contribution >= 4 is 17.6 Å². The van der Waals surface area contributed by atoms with Crippen LogP contribution in [-0.2, 0) is 14.2 Å². The summed E-state index contributed by atoms with van der Waals surface area (Å²) in [7, 11) is 2.61. The predicted octanol–water partition coefficient (Wildman–Crippen LogP) is 1.10. The molecule has 108 valence electrons. The molecule has 1 fully saturated rings. The molecule has 0 atom stereocenters. The minimum Gasteiger partial charge on any atom is -0.465 e. The molecule has 1 aliphatic heterocycles. The van der Waals surface area contributed by atoms with Gasteiger partial charge in [-0.2, -0.15) is 0 Å². The third kappa shape index (κ3) is 3.08. The number of esters is 2. The molecule has 0 unspecified atom stereocenters. The first kappa shape index (κ1) is 14.3. The van der Waals surface area contributed by atoms with Crippen molar-refractivity contribution in [1.82, 2.24) is 0 Å². The summed E-state index contributed by atoms with van der Waals surface area (Å²) in [5.74, 6) is -0.962. The summed E-state index contributed by atoms with van der Waals surface area (Å²) in [5.41, 5.74) is 1.45. The highest BCUT2D eigenvalue weighted by molar-refractivity contribution is 5.97. The van der Waals surface area contributed by atoms with Crippen molar-refractivity contribution in [2.75, 3.05) is 45.4 Å². The van der Waals surface area contributed by atoms with Gasteiger partial charge in [-0.05, 0) is 18.2 Å². The van der Waals surface area contributed by atoms with E-state index in [1.807, 2.05) is 0 Å². The van der Waals surface area contributed by atoms with E-state index in [1.165, 1.54) is 20.3 Å². The molecular weight excluding hydrogens is 262 g/mol. The van der Waals surface area contributed by atoms with Crippen molar-refractivity contribution in [3.8, 4) is 0 Å². The summed E-state index contributed by atoms with van der Waals surface area (Å²) in [6, 6.07) is 4.90. The maximum atomic E-state index is 11.7. The van der Waals surface area contributed by atoms with Crippen molar-refractivity contribution in [3.05, 3.63) is 29.3 Å². The molecule has 0 radical (unpaired) electrons. The van der Waals surface area contributed by atoms with E-state index in [9.17, 15) is 9.59 Å². The van der Waals surface area contributed by atoms with Crippen molar-refractivity contribution in [3.63, 3.8) is 0 Å². The molecule has 20 heavy (non-hydrogen) atoms. The fraction of sp³-hybridized carbons (Fsp3) is 0.429. The van der Waals surface area contributed by atoms with E-state index in [1.54, 1.807) is 12.1 Å². The van der Waals surface area contributed by atoms with Crippen LogP contribution in [0.2, 0.25) is 0 Å². The van der Waals surface area contributed by atoms with Gasteiger partial charge < -0.3 is 19.1 Å². The standard InChI is InChI=1S/C14H17NO5/c1-18-13(16)10-7-11(14(17)19-2)9-12(8-10)15-3-5-20-6-4-15/h7-9H,3-6H2,1-2H3. The van der Waals surface area contributed by atoms with Gasteiger partial charge in [-0.1, -0.05) is 0 Å². The van der Waals surface area contributed by atoms with E-state index in [4.69, 9.17) is 14.2 Å². The third-order valence-electron chi connectivity index (χ3n) is 3.14. The number of carbonyl (C=O) groups is 2. The molecule has 1 aliphatic rings. The molecule has 0 aromatic heterocycles. The molecule has 6 heteroatoms. The van der Waals surface area contributed by atoms with Crippen LogP contribution in [0.1, 0.15) is 20.7 Å². The zero-order valence-corrected chi connectivity index (χ0v) is 11.5. The Morgan fingerprint density at radius 1 is 1.00 bits per heavy atom. The number of nitrogens with zero attached hydrogens (tertiary/aromatic N) is 1. The van der Waals surface area contributed by atoms with E-state index in [0.717, 1.165) is 5.69 Å². The Hall–Kier alpha value is -2.08. The van der Waals surface area contributed by atoms with Crippen LogP contribution in [0.3, 0.4) is 0 Å². The Balaban J connectivity index is 2.38. The average molecular weight is 279 g/mol. The average Bonchev–Trinajstić information content (AvgIpc) is 2.53. The van der Waals surface area contributed by atoms with Crippen LogP contribution in [0, 0.1) is 0 Å². The van der Waals surface area contributed by atoms with Gasteiger partial charge in [-0.15, -0.1) is 0 Å². The number of ether oxygens (including phenoxy) is 3. The van der Waals surface area contributed by atoms with E-state index >= 15 is 0 Å². The lowest BCUT2D eigenvalue weighted by atomic mass is 10.1. The highest BCUT2D eigenvalue weighted by Crippen LogP contribution is 2.21. The van der Waals surface area contributed by atoms with Gasteiger partial charge in [-0.25, -0.2) is 9.59 Å². The van der Waals surface area contributed by atoms with E-state index < -0.39 is 11.9 Å². The largest absolute Gasteiger partial charge is 0.465 e. The van der Waals surface area contributed by atoms with Gasteiger partial charge in [0.05, 0.1) is 38.6 Å². The van der Waals surface area contributed by atoms with Gasteiger partial charge in [0.2, 0.25) is 0 Å². The highest BCUT2D eigenvalue weighted by atomic mass is 16.5. The summed E-state index contributed by atoms with van der Waals surface area (Å²) in [6.45, 7) is 2.67. The Kier molecular flexibility index (Phi) is 4.57. The number of rotatable bonds is 3. The Labute approximate surface area is 117 Å². The predicted molar refractivity (Wildman–Crippen MR) is 72.2 cm³/mol. The first-order valence-corrected chi connectivity index (χ1v) is 6.30. The second-order valence-corrected chi connectivity index (χ2v) is 4.35. The van der Waals surface area contributed by atoms with Crippen LogP contribution in [0.15, 0.2) is 18.2 Å². The number of anilines is 1. The summed E-state index contributed by atoms with van der Waals surface area (Å²) in [5, 5.41) is 0. The second-order valence-electron chi connectivity index (χ2n) is 4.35. The quantitative estimate of drug-likeness (QED) is 0.772. The molecule has 1 aromatic carbocycles. The number of carbonyl (C=O) groups excluding carboxylic acids is 2. The normalized spacial score (nSPS) is 14.8. The van der Waals surface area contributed by atoms with Gasteiger partial charge in [-0.3, -0.25) is 0 Å². The third-order valence-corrected chi connectivity index (χ3v) is 3.14. The van der Waals surface area contributed by atoms with Crippen LogP contribution in [0.4, 0.5) is 5.69 Å². The lowest BCUT2D eigenvalue weighted by Gasteiger charge is -2.29. The van der Waals surface area contributed by atoms with E-state index in [2.05, 4.69) is 4.90 Å². The zero-order valence-electron chi connectivity index (χ0n) is 11.5. The number of benzene rings is 1. The SMILES string of the molecule is COC(=O)c1cc(C(=O)OC)cc(N2CCOCC2)c1. The lowest BCUT2D eigenvalue weighted by Crippen LogP contribution is -2.36. The van der Waals surface area contributed by atoms with E-state index in [0.29, 0.717) is 37.4 Å². The zero-order chi connectivity index (χ0) is 14.5. The van der Waals surface area contributed by atoms with E-state index in [-0.39, 0.29) is 0 Å². The molecule has 0 spiro atoms. The summed E-state index contributed by atoms with van der Waals surface area (Å²) >= 11 is 0. The van der Waals surface area contributed by atoms with Gasteiger partial charge in [0, 0.05) is 18.8 Å². The number of methoxy groups -OCH3 is 2. The topological polar surface area (TPSA) is 65.1 Å². The summed E-state index contributed by atoms with van der Waals surface area (Å²) in [6.07, 6.45) is 0. The minimum atomic E-state index is -0.481. The maximum absolute atomic E-state index is 11.7. The monoisotopic (exact) mass is 279 g/mol. The summed E-state index contributed by atoms with van der Waals surface area (Å²) < 4.78 is 14.7. The Morgan fingerprint density at radius 2 is 1.50 bits per heavy atom. The molecule has 0 aliphatic carbocycles. The van der Waals surface area contributed by atoms with Crippen LogP contribution >= 0.6 is 0 Å².